The normalized spacial score (nSPS) is 14.4. The molecule has 0 aromatic heterocycles. The van der Waals surface area contributed by atoms with E-state index in [1.54, 1.807) is 0 Å². The first-order chi connectivity index (χ1) is 43.3. The molecule has 0 aliphatic carbocycles. The summed E-state index contributed by atoms with van der Waals surface area (Å²) in [6.45, 7) is 92.7. The van der Waals surface area contributed by atoms with Gasteiger partial charge in [0.05, 0.1) is 0 Å². The van der Waals surface area contributed by atoms with E-state index in [-0.39, 0.29) is 89.7 Å². The van der Waals surface area contributed by atoms with Crippen LogP contribution in [0, 0.1) is 95.6 Å². The summed E-state index contributed by atoms with van der Waals surface area (Å²) in [5.41, 5.74) is 2.39. The summed E-state index contributed by atoms with van der Waals surface area (Å²) in [6, 6.07) is 0. The zero-order chi connectivity index (χ0) is 78.2. The average Bonchev–Trinajstić information content (AvgIpc) is 0.883. The Morgan fingerprint density at radius 2 is 0.567 bits per heavy atom. The van der Waals surface area contributed by atoms with E-state index >= 15 is 0 Å². The molecule has 0 radical (unpaired) electrons. The second-order valence-electron chi connectivity index (χ2n) is 41.7. The molecule has 0 spiro atoms. The van der Waals surface area contributed by atoms with Gasteiger partial charge in [-0.25, -0.2) is 0 Å². The van der Waals surface area contributed by atoms with Gasteiger partial charge in [-0.3, -0.25) is 28.8 Å². The fourth-order valence-corrected chi connectivity index (χ4v) is 12.2. The lowest BCUT2D eigenvalue weighted by Gasteiger charge is -2.31. The van der Waals surface area contributed by atoms with Crippen LogP contribution in [0.15, 0.2) is 50.1 Å². The van der Waals surface area contributed by atoms with E-state index in [9.17, 15) is 28.8 Å². The van der Waals surface area contributed by atoms with Gasteiger partial charge in [0.15, 0.2) is 0 Å². The molecule has 0 aliphatic rings. The standard InChI is InChI=1S/C16H32O.C16H30O.C15H30O.C15H28O.C15H26O.C14H28O/c2*1-8-9-10-13(11-15(2,3)4)14(17)12-16(5,6)7;2*1-8-9-10-12(15(5,6)7)13(16)11-14(2,3)4;1-7-8-9-13(10-12(2)3)14(16)11-15(4,5)6;1-7-8-9-12(11(2)3)13(15)10-14(4,5)6/h13H,8-12H2,1-7H3;8,13H,1,9-12H2,2-7H3;12H,8-11H2,1-7H3;8,12H,1,9-11H2,2-7H3;7,13H,1-2,8-11H2,3-6H3;11-12H,7-10H2,1-6H3. The second-order valence-corrected chi connectivity index (χ2v) is 41.7. The molecule has 0 aliphatic heterocycles. The third-order valence-corrected chi connectivity index (χ3v) is 16.7. The molecule has 6 atom stereocenters. The molecular weight excluding hydrogens is 1190 g/mol. The Hall–Kier alpha value is -3.02. The molecule has 0 N–H and O–H groups in total. The summed E-state index contributed by atoms with van der Waals surface area (Å²) in [5.74, 6) is 4.36. The van der Waals surface area contributed by atoms with Crippen molar-refractivity contribution in [1.29, 1.82) is 0 Å². The minimum Gasteiger partial charge on any atom is -0.299 e. The van der Waals surface area contributed by atoms with Gasteiger partial charge in [-0.1, -0.05) is 305 Å². The van der Waals surface area contributed by atoms with Crippen LogP contribution in [-0.4, -0.2) is 34.7 Å². The molecule has 0 saturated carbocycles. The first-order valence-corrected chi connectivity index (χ1v) is 38.9. The van der Waals surface area contributed by atoms with Crippen molar-refractivity contribution in [2.45, 2.75) is 403 Å². The molecule has 0 bridgehead atoms. The van der Waals surface area contributed by atoms with E-state index in [0.29, 0.717) is 66.3 Å². The first kappa shape index (κ1) is 105. The highest BCUT2D eigenvalue weighted by atomic mass is 16.1. The molecular formula is C91H174O6. The summed E-state index contributed by atoms with van der Waals surface area (Å²) in [4.78, 5) is 73.5. The molecule has 6 unspecified atom stereocenters. The van der Waals surface area contributed by atoms with Gasteiger partial charge in [-0.05, 0) is 144 Å². The smallest absolute Gasteiger partial charge is 0.137 e. The lowest BCUT2D eigenvalue weighted by Crippen LogP contribution is -2.31. The lowest BCUT2D eigenvalue weighted by atomic mass is 9.72. The van der Waals surface area contributed by atoms with E-state index in [1.165, 1.54) is 32.1 Å². The zero-order valence-electron chi connectivity index (χ0n) is 72.5. The fraction of sp³-hybridized carbons (Fsp3) is 0.846. The molecule has 6 nitrogen and oxygen atoms in total. The third kappa shape index (κ3) is 69.8. The molecule has 0 saturated heterocycles. The van der Waals surface area contributed by atoms with Crippen molar-refractivity contribution in [2.24, 2.45) is 95.6 Å². The summed E-state index contributed by atoms with van der Waals surface area (Å²) < 4.78 is 0. The highest BCUT2D eigenvalue weighted by Crippen LogP contribution is 2.38. The number of rotatable bonds is 35. The van der Waals surface area contributed by atoms with Gasteiger partial charge in [-0.2, -0.15) is 0 Å². The van der Waals surface area contributed by atoms with Crippen molar-refractivity contribution in [3.8, 4) is 0 Å². The molecule has 6 heteroatoms. The van der Waals surface area contributed by atoms with Crippen molar-refractivity contribution in [3.05, 3.63) is 50.1 Å². The zero-order valence-corrected chi connectivity index (χ0v) is 72.5. The molecule has 0 amide bonds. The Morgan fingerprint density at radius 1 is 0.320 bits per heavy atom. The molecule has 0 rings (SSSR count). The quantitative estimate of drug-likeness (QED) is 0.0586. The van der Waals surface area contributed by atoms with E-state index < -0.39 is 0 Å². The van der Waals surface area contributed by atoms with E-state index in [4.69, 9.17) is 0 Å². The summed E-state index contributed by atoms with van der Waals surface area (Å²) in [6.07, 6.45) is 28.5. The Morgan fingerprint density at radius 3 is 0.835 bits per heavy atom. The molecule has 0 aromatic rings. The molecule has 574 valence electrons. The lowest BCUT2D eigenvalue weighted by molar-refractivity contribution is -0.129. The van der Waals surface area contributed by atoms with E-state index in [0.717, 1.165) is 102 Å². The van der Waals surface area contributed by atoms with Gasteiger partial charge in [0.25, 0.3) is 0 Å². The molecule has 0 aromatic carbocycles. The molecule has 97 heavy (non-hydrogen) atoms. The maximum atomic E-state index is 12.3. The van der Waals surface area contributed by atoms with Crippen LogP contribution in [-0.2, 0) is 28.8 Å². The monoisotopic (exact) mass is 1360 g/mol. The topological polar surface area (TPSA) is 102 Å². The van der Waals surface area contributed by atoms with Crippen LogP contribution in [0.3, 0.4) is 0 Å². The molecule has 0 heterocycles. The maximum absolute atomic E-state index is 12.3. The van der Waals surface area contributed by atoms with Crippen molar-refractivity contribution in [1.82, 2.24) is 0 Å². The Labute approximate surface area is 609 Å². The van der Waals surface area contributed by atoms with Crippen molar-refractivity contribution in [2.75, 3.05) is 0 Å². The van der Waals surface area contributed by atoms with E-state index in [1.807, 2.05) is 25.2 Å². The van der Waals surface area contributed by atoms with Gasteiger partial charge in [-0.15, -0.1) is 26.3 Å². The number of carbonyl (C=O) groups is 6. The van der Waals surface area contributed by atoms with Crippen LogP contribution in [0.5, 0.6) is 0 Å². The van der Waals surface area contributed by atoms with Crippen molar-refractivity contribution < 1.29 is 28.8 Å². The predicted molar refractivity (Wildman–Crippen MR) is 434 cm³/mol. The predicted octanol–water partition coefficient (Wildman–Crippen LogP) is 28.7. The van der Waals surface area contributed by atoms with Gasteiger partial charge >= 0.3 is 0 Å². The minimum absolute atomic E-state index is 0.0609. The number of allylic oxidation sites excluding steroid dienone is 4. The largest absolute Gasteiger partial charge is 0.299 e. The number of carbonyl (C=O) groups excluding carboxylic acids is 6. The first-order valence-electron chi connectivity index (χ1n) is 38.9. The number of ketones is 6. The minimum atomic E-state index is 0.0609. The van der Waals surface area contributed by atoms with Crippen molar-refractivity contribution >= 4 is 34.7 Å². The fourth-order valence-electron chi connectivity index (χ4n) is 12.2. The van der Waals surface area contributed by atoms with Crippen LogP contribution in [0.1, 0.15) is 403 Å². The molecule has 0 fully saturated rings. The van der Waals surface area contributed by atoms with Gasteiger partial charge in [0, 0.05) is 74.0 Å². The summed E-state index contributed by atoms with van der Waals surface area (Å²) in [7, 11) is 0. The number of unbranched alkanes of at least 4 members (excludes halogenated alkanes) is 3. The van der Waals surface area contributed by atoms with Gasteiger partial charge in [0.1, 0.15) is 34.7 Å². The average molecular weight is 1360 g/mol. The van der Waals surface area contributed by atoms with Crippen LogP contribution in [0.25, 0.3) is 0 Å². The Kier molecular flexibility index (Phi) is 53.6. The van der Waals surface area contributed by atoms with Crippen LogP contribution in [0.2, 0.25) is 0 Å². The maximum Gasteiger partial charge on any atom is 0.137 e. The van der Waals surface area contributed by atoms with Crippen LogP contribution < -0.4 is 0 Å². The highest BCUT2D eigenvalue weighted by molar-refractivity contribution is 5.84. The van der Waals surface area contributed by atoms with E-state index in [2.05, 4.69) is 269 Å². The number of hydrogen-bond donors (Lipinski definition) is 0. The van der Waals surface area contributed by atoms with Gasteiger partial charge < -0.3 is 0 Å². The van der Waals surface area contributed by atoms with Crippen molar-refractivity contribution in [3.63, 3.8) is 0 Å². The highest BCUT2D eigenvalue weighted by Gasteiger charge is 2.35. The summed E-state index contributed by atoms with van der Waals surface area (Å²) in [5, 5.41) is 0. The van der Waals surface area contributed by atoms with Crippen LogP contribution >= 0.6 is 0 Å². The number of Topliss-reactive ketones (excluding diaryl/α,β-unsaturated/α-hetero) is 6. The Bertz CT molecular complexity index is 2170. The van der Waals surface area contributed by atoms with Crippen LogP contribution in [0.4, 0.5) is 0 Å². The Balaban J connectivity index is -0.000000256. The van der Waals surface area contributed by atoms with Gasteiger partial charge in [0.2, 0.25) is 0 Å². The SMILES string of the molecule is C=CCCC(C(=O)CC(C)(C)C)C(C)(C)C.C=CCCC(CC(=C)C)C(=O)CC(C)(C)C.C=CCCC(CC(C)(C)C)C(=O)CC(C)(C)C.CCCCC(C(=O)CC(C)(C)C)C(C)(C)C.CCCCC(C(=O)CC(C)(C)C)C(C)C.CCCCC(CC(C)(C)C)C(=O)CC(C)(C)C. The second kappa shape index (κ2) is 49.6. The summed E-state index contributed by atoms with van der Waals surface area (Å²) >= 11 is 0. The number of hydrogen-bond acceptors (Lipinski definition) is 6. The third-order valence-electron chi connectivity index (χ3n) is 16.7.